The van der Waals surface area contributed by atoms with E-state index in [1.54, 1.807) is 4.90 Å². The van der Waals surface area contributed by atoms with Crippen LogP contribution in [0.2, 0.25) is 0 Å². The summed E-state index contributed by atoms with van der Waals surface area (Å²) in [4.78, 5) is 29.2. The van der Waals surface area contributed by atoms with Crippen LogP contribution in [0.4, 0.5) is 35.1 Å². The van der Waals surface area contributed by atoms with Crippen molar-refractivity contribution < 1.29 is 49.8 Å². The molecule has 52 heavy (non-hydrogen) atoms. The van der Waals surface area contributed by atoms with E-state index in [0.717, 1.165) is 43.2 Å². The molecule has 0 spiro atoms. The number of hydrogen-bond donors (Lipinski definition) is 3. The third kappa shape index (κ3) is 8.94. The third-order valence-corrected chi connectivity index (χ3v) is 9.90. The molecule has 0 aromatic heterocycles. The average Bonchev–Trinajstić information content (AvgIpc) is 3.87. The highest BCUT2D eigenvalue weighted by Gasteiger charge is 2.46. The van der Waals surface area contributed by atoms with E-state index in [0.29, 0.717) is 43.4 Å². The first-order chi connectivity index (χ1) is 24.5. The molecule has 0 saturated heterocycles. The number of aliphatic hydroxyl groups excluding tert-OH is 1. The van der Waals surface area contributed by atoms with Gasteiger partial charge in [0, 0.05) is 41.9 Å². The lowest BCUT2D eigenvalue weighted by molar-refractivity contribution is -0.138. The molecule has 14 heteroatoms. The molecule has 6 nitrogen and oxygen atoms in total. The molecular formula is C38H41F8N3O3. The number of fused-ring (bicyclic) bond motifs is 1. The zero-order valence-electron chi connectivity index (χ0n) is 28.7. The zero-order chi connectivity index (χ0) is 38.0. The Balaban J connectivity index is 1.45. The van der Waals surface area contributed by atoms with E-state index < -0.39 is 70.2 Å². The number of amides is 2. The number of nitrogens with zero attached hydrogens (tertiary/aromatic N) is 1. The fourth-order valence-electron chi connectivity index (χ4n) is 7.10. The highest BCUT2D eigenvalue weighted by molar-refractivity contribution is 6.03. The van der Waals surface area contributed by atoms with Crippen LogP contribution >= 0.6 is 0 Å². The van der Waals surface area contributed by atoms with E-state index in [-0.39, 0.29) is 48.7 Å². The van der Waals surface area contributed by atoms with Crippen LogP contribution < -0.4 is 10.6 Å². The number of alkyl halides is 6. The fourth-order valence-corrected chi connectivity index (χ4v) is 7.10. The lowest BCUT2D eigenvalue weighted by atomic mass is 9.89. The van der Waals surface area contributed by atoms with Gasteiger partial charge in [0.1, 0.15) is 11.6 Å². The van der Waals surface area contributed by atoms with Crippen LogP contribution in [0.3, 0.4) is 0 Å². The fraction of sp³-hybridized carbons (Fsp3) is 0.474. The molecule has 0 bridgehead atoms. The van der Waals surface area contributed by atoms with Gasteiger partial charge in [-0.2, -0.15) is 26.3 Å². The van der Waals surface area contributed by atoms with Crippen molar-refractivity contribution >= 4 is 11.8 Å². The quantitative estimate of drug-likeness (QED) is 0.147. The summed E-state index contributed by atoms with van der Waals surface area (Å²) >= 11 is 0. The van der Waals surface area contributed by atoms with Crippen molar-refractivity contribution in [1.29, 1.82) is 0 Å². The first kappa shape index (κ1) is 39.2. The molecule has 2 atom stereocenters. The molecule has 3 aromatic rings. The van der Waals surface area contributed by atoms with Crippen LogP contribution in [0.5, 0.6) is 0 Å². The monoisotopic (exact) mass is 739 g/mol. The number of carbonyl (C=O) groups is 2. The molecule has 1 heterocycles. The SMILES string of the molecule is CCCC(CCC)N1CCc2c(C(=O)N[C@@H](Cc3cc(F)cc(F)c3)[C@H](O)CNC3(c4cccc(C(F)(F)F)c4)CC3)cc(C(F)(F)F)cc2C1=O. The Morgan fingerprint density at radius 3 is 2.12 bits per heavy atom. The average molecular weight is 740 g/mol. The standard InChI is InChI=1S/C38H41F8N3O3/c1-3-6-28(7-4-2)49-13-10-29-30(18-25(38(44,45)46)19-31(29)35(49)52)34(51)48-32(16-22-14-26(39)20-27(40)15-22)33(50)21-47-36(11-12-36)23-8-5-9-24(17-23)37(41,42)43/h5,8-9,14-15,17-20,28,32-33,47,50H,3-4,6-7,10-13,16,21H2,1-2H3,(H,48,51)/t32-,33+/m0/s1. The molecule has 0 radical (unpaired) electrons. The summed E-state index contributed by atoms with van der Waals surface area (Å²) in [5.41, 5.74) is -3.17. The van der Waals surface area contributed by atoms with Crippen LogP contribution in [0.15, 0.2) is 54.6 Å². The van der Waals surface area contributed by atoms with E-state index >= 15 is 0 Å². The minimum Gasteiger partial charge on any atom is -0.390 e. The zero-order valence-corrected chi connectivity index (χ0v) is 28.7. The number of aliphatic hydroxyl groups is 1. The molecule has 5 rings (SSSR count). The maximum Gasteiger partial charge on any atom is 0.416 e. The molecule has 1 saturated carbocycles. The summed E-state index contributed by atoms with van der Waals surface area (Å²) in [6.07, 6.45) is -7.59. The Morgan fingerprint density at radius 1 is 0.904 bits per heavy atom. The van der Waals surface area contributed by atoms with Gasteiger partial charge in [0.15, 0.2) is 0 Å². The molecule has 282 valence electrons. The van der Waals surface area contributed by atoms with Gasteiger partial charge in [0.05, 0.1) is 23.3 Å². The van der Waals surface area contributed by atoms with Crippen LogP contribution in [-0.4, -0.2) is 53.1 Å². The number of nitrogens with one attached hydrogen (secondary N) is 2. The number of benzene rings is 3. The number of carbonyl (C=O) groups excluding carboxylic acids is 2. The molecule has 3 N–H and O–H groups in total. The van der Waals surface area contributed by atoms with Gasteiger partial charge in [-0.3, -0.25) is 9.59 Å². The van der Waals surface area contributed by atoms with Gasteiger partial charge in [-0.25, -0.2) is 8.78 Å². The molecule has 2 amide bonds. The van der Waals surface area contributed by atoms with Crippen molar-refractivity contribution in [2.75, 3.05) is 13.1 Å². The number of rotatable bonds is 14. The van der Waals surface area contributed by atoms with Gasteiger partial charge in [-0.05, 0) is 91.6 Å². The molecule has 1 aliphatic carbocycles. The maximum absolute atomic E-state index is 14.2. The van der Waals surface area contributed by atoms with Gasteiger partial charge in [-0.15, -0.1) is 0 Å². The lowest BCUT2D eigenvalue weighted by Crippen LogP contribution is -2.50. The second-order valence-corrected chi connectivity index (χ2v) is 13.7. The molecule has 1 aliphatic heterocycles. The lowest BCUT2D eigenvalue weighted by Gasteiger charge is -2.36. The van der Waals surface area contributed by atoms with Crippen molar-refractivity contribution in [2.45, 2.75) is 101 Å². The Labute approximate surface area is 296 Å². The second-order valence-electron chi connectivity index (χ2n) is 13.7. The molecular weight excluding hydrogens is 698 g/mol. The summed E-state index contributed by atoms with van der Waals surface area (Å²) in [6, 6.07) is 7.20. The second kappa shape index (κ2) is 15.5. The minimum absolute atomic E-state index is 0.0237. The van der Waals surface area contributed by atoms with Gasteiger partial charge in [-0.1, -0.05) is 38.8 Å². The topological polar surface area (TPSA) is 81.7 Å². The van der Waals surface area contributed by atoms with E-state index in [1.807, 2.05) is 13.8 Å². The van der Waals surface area contributed by atoms with E-state index in [4.69, 9.17) is 0 Å². The van der Waals surface area contributed by atoms with Crippen molar-refractivity contribution in [3.8, 4) is 0 Å². The summed E-state index contributed by atoms with van der Waals surface area (Å²) < 4.78 is 111. The van der Waals surface area contributed by atoms with Crippen molar-refractivity contribution in [3.05, 3.63) is 105 Å². The predicted molar refractivity (Wildman–Crippen MR) is 177 cm³/mol. The van der Waals surface area contributed by atoms with Crippen LogP contribution in [0, 0.1) is 11.6 Å². The van der Waals surface area contributed by atoms with E-state index in [1.165, 1.54) is 12.1 Å². The molecule has 2 aliphatic rings. The normalized spacial score (nSPS) is 16.8. The van der Waals surface area contributed by atoms with Gasteiger partial charge < -0.3 is 20.6 Å². The number of hydrogen-bond acceptors (Lipinski definition) is 4. The minimum atomic E-state index is -4.91. The van der Waals surface area contributed by atoms with Crippen LogP contribution in [0.25, 0.3) is 0 Å². The van der Waals surface area contributed by atoms with Crippen molar-refractivity contribution in [1.82, 2.24) is 15.5 Å². The predicted octanol–water partition coefficient (Wildman–Crippen LogP) is 7.95. The third-order valence-electron chi connectivity index (χ3n) is 9.90. The van der Waals surface area contributed by atoms with E-state index in [9.17, 15) is 49.8 Å². The summed E-state index contributed by atoms with van der Waals surface area (Å²) in [5, 5.41) is 17.0. The smallest absolute Gasteiger partial charge is 0.390 e. The molecule has 3 aromatic carbocycles. The Bertz CT molecular complexity index is 1750. The first-order valence-electron chi connectivity index (χ1n) is 17.4. The first-order valence-corrected chi connectivity index (χ1v) is 17.4. The van der Waals surface area contributed by atoms with Gasteiger partial charge >= 0.3 is 12.4 Å². The van der Waals surface area contributed by atoms with Gasteiger partial charge in [0.25, 0.3) is 11.8 Å². The van der Waals surface area contributed by atoms with Crippen molar-refractivity contribution in [2.24, 2.45) is 0 Å². The molecule has 0 unspecified atom stereocenters. The number of halogens is 8. The summed E-state index contributed by atoms with van der Waals surface area (Å²) in [6.45, 7) is 3.77. The highest BCUT2D eigenvalue weighted by atomic mass is 19.4. The van der Waals surface area contributed by atoms with Crippen LogP contribution in [0.1, 0.15) is 101 Å². The Hall–Kier alpha value is -4.04. The van der Waals surface area contributed by atoms with Crippen molar-refractivity contribution in [3.63, 3.8) is 0 Å². The Morgan fingerprint density at radius 2 is 1.54 bits per heavy atom. The maximum atomic E-state index is 14.2. The van der Waals surface area contributed by atoms with E-state index in [2.05, 4.69) is 10.6 Å². The Kier molecular flexibility index (Phi) is 11.7. The van der Waals surface area contributed by atoms with Gasteiger partial charge in [0.2, 0.25) is 0 Å². The van der Waals surface area contributed by atoms with Crippen LogP contribution in [-0.2, 0) is 30.7 Å². The largest absolute Gasteiger partial charge is 0.416 e. The summed E-state index contributed by atoms with van der Waals surface area (Å²) in [5.74, 6) is -3.53. The highest BCUT2D eigenvalue weighted by Crippen LogP contribution is 2.46. The molecule has 1 fully saturated rings. The summed E-state index contributed by atoms with van der Waals surface area (Å²) in [7, 11) is 0.